The fourth-order valence-electron chi connectivity index (χ4n) is 5.55. The second-order valence-corrected chi connectivity index (χ2v) is 9.28. The number of nitrogens with zero attached hydrogens (tertiary/aromatic N) is 2. The molecule has 3 aliphatic rings. The van der Waals surface area contributed by atoms with Crippen LogP contribution in [0.3, 0.4) is 0 Å². The second-order valence-electron chi connectivity index (χ2n) is 9.28. The van der Waals surface area contributed by atoms with E-state index in [2.05, 4.69) is 52.8 Å². The van der Waals surface area contributed by atoms with E-state index in [9.17, 15) is 5.11 Å². The molecular weight excluding hydrogens is 372 g/mol. The van der Waals surface area contributed by atoms with Crippen LogP contribution < -0.4 is 0 Å². The normalized spacial score (nSPS) is 28.5. The maximum Gasteiger partial charge on any atom is 0.0593 e. The average molecular weight is 411 g/mol. The predicted octanol–water partition coefficient (Wildman–Crippen LogP) is 3.49. The van der Waals surface area contributed by atoms with Gasteiger partial charge in [-0.1, -0.05) is 30.9 Å². The van der Waals surface area contributed by atoms with Crippen LogP contribution in [0.2, 0.25) is 0 Å². The molecule has 0 aromatic heterocycles. The topological polar surface area (TPSA) is 35.9 Å². The van der Waals surface area contributed by atoms with Crippen LogP contribution in [0.4, 0.5) is 0 Å². The summed E-state index contributed by atoms with van der Waals surface area (Å²) in [6.07, 6.45) is 6.96. The van der Waals surface area contributed by atoms with Crippen LogP contribution in [0.15, 0.2) is 24.3 Å². The maximum atomic E-state index is 10.2. The molecule has 0 bridgehead atoms. The maximum absolute atomic E-state index is 10.2. The van der Waals surface area contributed by atoms with Gasteiger partial charge in [-0.25, -0.2) is 0 Å². The van der Waals surface area contributed by atoms with Crippen molar-refractivity contribution in [1.29, 1.82) is 0 Å². The summed E-state index contributed by atoms with van der Waals surface area (Å²) in [6.45, 7) is 8.93. The molecule has 3 heterocycles. The summed E-state index contributed by atoms with van der Waals surface area (Å²) in [5.41, 5.74) is 2.46. The van der Waals surface area contributed by atoms with E-state index < -0.39 is 0 Å². The molecule has 0 aliphatic carbocycles. The summed E-state index contributed by atoms with van der Waals surface area (Å²) < 4.78 is 5.56. The Morgan fingerprint density at radius 1 is 1.10 bits per heavy atom. The fourth-order valence-corrected chi connectivity index (χ4v) is 5.55. The molecule has 164 valence electrons. The zero-order valence-corrected chi connectivity index (χ0v) is 18.6. The summed E-state index contributed by atoms with van der Waals surface area (Å²) in [7, 11) is 0. The lowest BCUT2D eigenvalue weighted by Crippen LogP contribution is -2.67. The first-order valence-electron chi connectivity index (χ1n) is 12.1. The van der Waals surface area contributed by atoms with E-state index in [-0.39, 0.29) is 12.6 Å². The van der Waals surface area contributed by atoms with Crippen molar-refractivity contribution in [2.45, 2.75) is 63.5 Å². The van der Waals surface area contributed by atoms with Gasteiger partial charge >= 0.3 is 0 Å². The minimum Gasteiger partial charge on any atom is -0.395 e. The molecule has 0 spiro atoms. The van der Waals surface area contributed by atoms with Crippen LogP contribution in [0.5, 0.6) is 0 Å². The smallest absolute Gasteiger partial charge is 0.0593 e. The van der Waals surface area contributed by atoms with Gasteiger partial charge in [0.25, 0.3) is 0 Å². The Hall–Kier alpha value is -1.38. The van der Waals surface area contributed by atoms with Gasteiger partial charge in [0.15, 0.2) is 0 Å². The van der Waals surface area contributed by atoms with Crippen LogP contribution in [0, 0.1) is 17.8 Å². The zero-order chi connectivity index (χ0) is 20.8. The fraction of sp³-hybridized carbons (Fsp3) is 0.692. The van der Waals surface area contributed by atoms with Crippen LogP contribution in [-0.4, -0.2) is 73.0 Å². The third-order valence-electron chi connectivity index (χ3n) is 7.21. The summed E-state index contributed by atoms with van der Waals surface area (Å²) in [4.78, 5) is 5.29. The highest BCUT2D eigenvalue weighted by molar-refractivity contribution is 5.39. The average Bonchev–Trinajstić information content (AvgIpc) is 2.76. The molecule has 3 aliphatic heterocycles. The quantitative estimate of drug-likeness (QED) is 0.754. The second kappa shape index (κ2) is 10.8. The van der Waals surface area contributed by atoms with Crippen LogP contribution in [0.1, 0.15) is 62.5 Å². The Labute approximate surface area is 182 Å². The van der Waals surface area contributed by atoms with Crippen molar-refractivity contribution in [2.24, 2.45) is 5.92 Å². The Morgan fingerprint density at radius 3 is 2.60 bits per heavy atom. The van der Waals surface area contributed by atoms with E-state index in [1.54, 1.807) is 0 Å². The number of unbranched alkanes of at least 4 members (excludes halogenated alkanes) is 1. The summed E-state index contributed by atoms with van der Waals surface area (Å²) in [6, 6.07) is 9.61. The number of benzene rings is 1. The van der Waals surface area contributed by atoms with Gasteiger partial charge in [-0.3, -0.25) is 4.90 Å². The van der Waals surface area contributed by atoms with Gasteiger partial charge in [0.2, 0.25) is 0 Å². The first-order chi connectivity index (χ1) is 14.8. The molecule has 4 rings (SSSR count). The molecule has 3 atom stereocenters. The molecular formula is C26H38N2O2. The van der Waals surface area contributed by atoms with Gasteiger partial charge in [0, 0.05) is 56.3 Å². The first kappa shape index (κ1) is 21.8. The van der Waals surface area contributed by atoms with E-state index in [1.807, 2.05) is 0 Å². The summed E-state index contributed by atoms with van der Waals surface area (Å²) >= 11 is 0. The lowest BCUT2D eigenvalue weighted by molar-refractivity contribution is -0.0677. The molecule has 4 nitrogen and oxygen atoms in total. The number of hydrogen-bond donors (Lipinski definition) is 1. The highest BCUT2D eigenvalue weighted by Gasteiger charge is 2.49. The zero-order valence-electron chi connectivity index (χ0n) is 18.6. The van der Waals surface area contributed by atoms with Crippen molar-refractivity contribution in [3.05, 3.63) is 35.4 Å². The summed E-state index contributed by atoms with van der Waals surface area (Å²) in [5, 5.41) is 10.2. The van der Waals surface area contributed by atoms with Crippen LogP contribution >= 0.6 is 0 Å². The number of rotatable bonds is 5. The molecule has 1 aromatic rings. The van der Waals surface area contributed by atoms with Gasteiger partial charge in [0.05, 0.1) is 6.61 Å². The highest BCUT2D eigenvalue weighted by Crippen LogP contribution is 2.42. The number of hydrogen-bond acceptors (Lipinski definition) is 4. The van der Waals surface area contributed by atoms with Crippen molar-refractivity contribution in [1.82, 2.24) is 9.80 Å². The molecule has 0 radical (unpaired) electrons. The largest absolute Gasteiger partial charge is 0.395 e. The predicted molar refractivity (Wildman–Crippen MR) is 122 cm³/mol. The van der Waals surface area contributed by atoms with E-state index >= 15 is 0 Å². The molecule has 3 fully saturated rings. The number of aliphatic hydroxyl groups excluding tert-OH is 1. The molecule has 0 unspecified atom stereocenters. The Balaban J connectivity index is 1.46. The standard InChI is InChI=1S/C26H38N2O2/c1-2-3-4-7-21-8-10-23(11-9-21)26-24-19-27(18-22-12-16-30-17-13-22)14-5-6-15-28(24)25(26)20-29/h8-11,22,24-26,29H,2-3,5-6,12-20H2,1H3/t24-,25-,26-/m1/s1. The molecule has 30 heavy (non-hydrogen) atoms. The molecule has 3 saturated heterocycles. The lowest BCUT2D eigenvalue weighted by atomic mass is 9.74. The van der Waals surface area contributed by atoms with E-state index in [0.29, 0.717) is 12.0 Å². The summed E-state index contributed by atoms with van der Waals surface area (Å²) in [5.74, 6) is 7.71. The first-order valence-corrected chi connectivity index (χ1v) is 12.1. The van der Waals surface area contributed by atoms with Crippen LogP contribution in [-0.2, 0) is 4.74 Å². The van der Waals surface area contributed by atoms with Gasteiger partial charge in [-0.15, -0.1) is 0 Å². The van der Waals surface area contributed by atoms with Gasteiger partial charge < -0.3 is 14.7 Å². The van der Waals surface area contributed by atoms with E-state index in [0.717, 1.165) is 50.6 Å². The molecule has 4 heteroatoms. The van der Waals surface area contributed by atoms with E-state index in [1.165, 1.54) is 44.3 Å². The van der Waals surface area contributed by atoms with Crippen molar-refractivity contribution < 1.29 is 9.84 Å². The number of fused-ring (bicyclic) bond motifs is 1. The molecule has 0 saturated carbocycles. The monoisotopic (exact) mass is 410 g/mol. The Kier molecular flexibility index (Phi) is 7.84. The molecule has 1 N–H and O–H groups in total. The van der Waals surface area contributed by atoms with Crippen molar-refractivity contribution >= 4 is 0 Å². The number of aliphatic hydroxyl groups is 1. The van der Waals surface area contributed by atoms with E-state index in [4.69, 9.17) is 4.74 Å². The van der Waals surface area contributed by atoms with Gasteiger partial charge in [-0.2, -0.15) is 0 Å². The van der Waals surface area contributed by atoms with Gasteiger partial charge in [0.1, 0.15) is 0 Å². The SMILES string of the molecule is CCCC#Cc1ccc([C@H]2[C@@H](CO)N3CCCCN(CC4CCOCC4)C[C@H]23)cc1. The third kappa shape index (κ3) is 5.08. The third-order valence-corrected chi connectivity index (χ3v) is 7.21. The van der Waals surface area contributed by atoms with Crippen molar-refractivity contribution in [3.63, 3.8) is 0 Å². The molecule has 1 aromatic carbocycles. The molecule has 0 amide bonds. The minimum atomic E-state index is 0.249. The highest BCUT2D eigenvalue weighted by atomic mass is 16.5. The lowest BCUT2D eigenvalue weighted by Gasteiger charge is -2.57. The van der Waals surface area contributed by atoms with Gasteiger partial charge in [-0.05, 0) is 68.8 Å². The van der Waals surface area contributed by atoms with Crippen molar-refractivity contribution in [2.75, 3.05) is 46.0 Å². The van der Waals surface area contributed by atoms with Crippen LogP contribution in [0.25, 0.3) is 0 Å². The minimum absolute atomic E-state index is 0.249. The Bertz CT molecular complexity index is 717. The Morgan fingerprint density at radius 2 is 1.87 bits per heavy atom. The number of ether oxygens (including phenoxy) is 1. The van der Waals surface area contributed by atoms with Crippen molar-refractivity contribution in [3.8, 4) is 11.8 Å².